The van der Waals surface area contributed by atoms with Gasteiger partial charge in [-0.25, -0.2) is 14.4 Å². The van der Waals surface area contributed by atoms with Crippen molar-refractivity contribution in [2.24, 2.45) is 13.0 Å². The van der Waals surface area contributed by atoms with E-state index in [1.807, 2.05) is 37.7 Å². The number of amides is 3. The number of fused-ring (bicyclic) bond motifs is 2. The van der Waals surface area contributed by atoms with Crippen molar-refractivity contribution in [3.05, 3.63) is 64.6 Å². The predicted octanol–water partition coefficient (Wildman–Crippen LogP) is 3.61. The molecule has 316 valence electrons. The summed E-state index contributed by atoms with van der Waals surface area (Å²) in [6.07, 6.45) is 5.37. The van der Waals surface area contributed by atoms with Crippen LogP contribution in [0.2, 0.25) is 0 Å². The van der Waals surface area contributed by atoms with Crippen LogP contribution in [0.5, 0.6) is 5.75 Å². The number of aryl methyl sites for hydroxylation is 1. The summed E-state index contributed by atoms with van der Waals surface area (Å²) in [5.74, 6) is -0.993. The van der Waals surface area contributed by atoms with Gasteiger partial charge in [0, 0.05) is 82.6 Å². The Balaban J connectivity index is 0.892. The molecule has 8 rings (SSSR count). The van der Waals surface area contributed by atoms with Gasteiger partial charge in [-0.3, -0.25) is 38.6 Å². The fourth-order valence-corrected chi connectivity index (χ4v) is 8.74. The fourth-order valence-electron chi connectivity index (χ4n) is 8.74. The Hall–Kier alpha value is -6.17. The highest BCUT2D eigenvalue weighted by molar-refractivity contribution is 6.03. The number of piperazine rings is 1. The highest BCUT2D eigenvalue weighted by Crippen LogP contribution is 2.36. The third-order valence-corrected chi connectivity index (χ3v) is 11.9. The minimum absolute atomic E-state index is 0.0106. The second-order valence-electron chi connectivity index (χ2n) is 16.3. The predicted molar refractivity (Wildman–Crippen MR) is 225 cm³/mol. The number of aromatic nitrogens is 6. The maximum atomic E-state index is 15.2. The van der Waals surface area contributed by atoms with E-state index < -0.39 is 17.3 Å². The van der Waals surface area contributed by atoms with Crippen LogP contribution in [0.25, 0.3) is 21.9 Å². The van der Waals surface area contributed by atoms with Crippen molar-refractivity contribution < 1.29 is 23.5 Å². The molecule has 2 atom stereocenters. The van der Waals surface area contributed by atoms with Crippen molar-refractivity contribution in [2.75, 3.05) is 68.0 Å². The zero-order valence-corrected chi connectivity index (χ0v) is 34.6. The van der Waals surface area contributed by atoms with Gasteiger partial charge < -0.3 is 25.2 Å². The number of hydrogen-bond donors (Lipinski definition) is 3. The molecule has 0 radical (unpaired) electrons. The Kier molecular flexibility index (Phi) is 11.4. The van der Waals surface area contributed by atoms with Crippen LogP contribution in [0.1, 0.15) is 64.1 Å². The van der Waals surface area contributed by atoms with Gasteiger partial charge in [-0.1, -0.05) is 12.1 Å². The molecule has 5 aromatic rings. The molecule has 1 aromatic carbocycles. The average Bonchev–Trinajstić information content (AvgIpc) is 3.57. The number of carbonyl (C=O) groups is 3. The van der Waals surface area contributed by atoms with E-state index in [0.717, 1.165) is 74.4 Å². The summed E-state index contributed by atoms with van der Waals surface area (Å²) >= 11 is 0. The zero-order chi connectivity index (χ0) is 42.2. The Morgan fingerprint density at radius 2 is 1.83 bits per heavy atom. The summed E-state index contributed by atoms with van der Waals surface area (Å²) in [7, 11) is 3.41. The van der Waals surface area contributed by atoms with Gasteiger partial charge in [0.25, 0.3) is 11.5 Å². The number of hydrogen-bond acceptors (Lipinski definition) is 13. The largest absolute Gasteiger partial charge is 0.478 e. The van der Waals surface area contributed by atoms with Crippen molar-refractivity contribution in [1.82, 2.24) is 44.8 Å². The average molecular weight is 823 g/mol. The molecule has 0 aliphatic carbocycles. The van der Waals surface area contributed by atoms with E-state index >= 15 is 4.39 Å². The third kappa shape index (κ3) is 8.07. The highest BCUT2D eigenvalue weighted by Gasteiger charge is 2.34. The molecular weight excluding hydrogens is 772 g/mol. The first-order valence-electron chi connectivity index (χ1n) is 20.6. The van der Waals surface area contributed by atoms with Gasteiger partial charge in [-0.05, 0) is 64.2 Å². The first-order valence-corrected chi connectivity index (χ1v) is 20.6. The van der Waals surface area contributed by atoms with Crippen molar-refractivity contribution in [3.8, 4) is 5.75 Å². The SMILES string of the molecule is CNC(=O)COc1cc2cc(Nc3nc(N4CCC(CN5CCN(c6cccc7c(C8CCC(=O)NC8=O)nn(C)c67)C[C@@H]5C)CC4)ncc3F)cnc2n(C(C)C)c1=O. The van der Waals surface area contributed by atoms with Crippen LogP contribution in [0, 0.1) is 11.7 Å². The number of rotatable bonds is 11. The van der Waals surface area contributed by atoms with Gasteiger partial charge in [-0.15, -0.1) is 0 Å². The lowest BCUT2D eigenvalue weighted by molar-refractivity contribution is -0.134. The van der Waals surface area contributed by atoms with Crippen molar-refractivity contribution in [1.29, 1.82) is 0 Å². The molecule has 60 heavy (non-hydrogen) atoms. The van der Waals surface area contributed by atoms with Gasteiger partial charge in [0.05, 0.1) is 40.9 Å². The molecule has 0 saturated carbocycles. The molecule has 3 aliphatic rings. The summed E-state index contributed by atoms with van der Waals surface area (Å²) < 4.78 is 24.1. The zero-order valence-electron chi connectivity index (χ0n) is 34.6. The van der Waals surface area contributed by atoms with Crippen LogP contribution in [0.4, 0.5) is 27.5 Å². The summed E-state index contributed by atoms with van der Waals surface area (Å²) in [6, 6.07) is 9.52. The number of piperidine rings is 2. The second-order valence-corrected chi connectivity index (χ2v) is 16.3. The molecule has 3 aliphatic heterocycles. The molecule has 1 unspecified atom stereocenters. The minimum atomic E-state index is -0.613. The maximum absolute atomic E-state index is 15.2. The van der Waals surface area contributed by atoms with Crippen LogP contribution < -0.4 is 36.0 Å². The number of imide groups is 1. The van der Waals surface area contributed by atoms with Crippen molar-refractivity contribution in [2.45, 2.75) is 64.5 Å². The molecule has 0 spiro atoms. The number of pyridine rings is 2. The monoisotopic (exact) mass is 822 g/mol. The molecule has 4 aromatic heterocycles. The fraction of sp³-hybridized carbons (Fsp3) is 0.476. The number of halogens is 1. The van der Waals surface area contributed by atoms with Gasteiger partial charge in [-0.2, -0.15) is 10.1 Å². The van der Waals surface area contributed by atoms with Crippen molar-refractivity contribution in [3.63, 3.8) is 0 Å². The number of ether oxygens (including phenoxy) is 1. The van der Waals surface area contributed by atoms with Crippen molar-refractivity contribution >= 4 is 62.8 Å². The molecule has 3 saturated heterocycles. The first kappa shape index (κ1) is 40.6. The van der Waals surface area contributed by atoms with E-state index in [-0.39, 0.29) is 41.9 Å². The number of likely N-dealkylation sites (N-methyl/N-ethyl adjacent to an activating group) is 1. The van der Waals surface area contributed by atoms with E-state index in [0.29, 0.717) is 47.5 Å². The topological polar surface area (TPSA) is 185 Å². The summed E-state index contributed by atoms with van der Waals surface area (Å²) in [4.78, 5) is 70.1. The number of anilines is 4. The minimum Gasteiger partial charge on any atom is -0.478 e. The summed E-state index contributed by atoms with van der Waals surface area (Å²) in [6.45, 7) is 10.8. The molecule has 3 amide bonds. The quantitative estimate of drug-likeness (QED) is 0.164. The van der Waals surface area contributed by atoms with Gasteiger partial charge in [0.1, 0.15) is 5.65 Å². The standard InChI is InChI=1S/C42H51FN12O5/c1-24(2)55-39-27(18-33(41(55)59)60-23-35(57)44-4)17-28(19-45-39)47-38-31(43)20-46-42(49-38)52-13-11-26(12-14-52)22-53-15-16-54(21-25(53)3)32-8-6-7-29-36(50-51(5)37(29)32)30-9-10-34(56)48-40(30)58/h6-8,17-20,24-26,30H,9-16,21-23H2,1-5H3,(H,44,57)(H,46,47,49)(H,48,56,58)/t25-,30?/m0/s1. The number of benzene rings is 1. The van der Waals surface area contributed by atoms with Crippen LogP contribution in [0.15, 0.2) is 47.5 Å². The van der Waals surface area contributed by atoms with Crippen LogP contribution in [-0.2, 0) is 21.4 Å². The smallest absolute Gasteiger partial charge is 0.294 e. The normalized spacial score (nSPS) is 19.3. The van der Waals surface area contributed by atoms with Crippen LogP contribution in [-0.4, -0.2) is 111 Å². The molecule has 3 N–H and O–H groups in total. The van der Waals surface area contributed by atoms with Gasteiger partial charge >= 0.3 is 0 Å². The third-order valence-electron chi connectivity index (χ3n) is 11.9. The lowest BCUT2D eigenvalue weighted by atomic mass is 9.92. The number of nitrogens with one attached hydrogen (secondary N) is 3. The lowest BCUT2D eigenvalue weighted by Gasteiger charge is -2.43. The van der Waals surface area contributed by atoms with Gasteiger partial charge in [0.15, 0.2) is 24.0 Å². The Bertz CT molecular complexity index is 2510. The summed E-state index contributed by atoms with van der Waals surface area (Å²) in [5.41, 5.74) is 3.31. The van der Waals surface area contributed by atoms with E-state index in [1.54, 1.807) is 6.07 Å². The first-order chi connectivity index (χ1) is 28.9. The second kappa shape index (κ2) is 16.8. The Morgan fingerprint density at radius 1 is 1.03 bits per heavy atom. The molecule has 3 fully saturated rings. The number of nitrogens with zero attached hydrogens (tertiary/aromatic N) is 9. The van der Waals surface area contributed by atoms with E-state index in [4.69, 9.17) is 9.84 Å². The lowest BCUT2D eigenvalue weighted by Crippen LogP contribution is -2.54. The van der Waals surface area contributed by atoms with Crippen LogP contribution in [0.3, 0.4) is 0 Å². The Labute approximate surface area is 346 Å². The van der Waals surface area contributed by atoms with E-state index in [2.05, 4.69) is 58.6 Å². The number of para-hydroxylation sites is 1. The molecule has 18 heteroatoms. The highest BCUT2D eigenvalue weighted by atomic mass is 19.1. The molecule has 17 nitrogen and oxygen atoms in total. The number of carbonyl (C=O) groups excluding carboxylic acids is 3. The van der Waals surface area contributed by atoms with E-state index in [1.165, 1.54) is 30.1 Å². The Morgan fingerprint density at radius 3 is 2.57 bits per heavy atom. The maximum Gasteiger partial charge on any atom is 0.294 e. The van der Waals surface area contributed by atoms with Crippen LogP contribution >= 0.6 is 0 Å². The molecule has 0 bridgehead atoms. The molecule has 7 heterocycles. The van der Waals surface area contributed by atoms with E-state index in [9.17, 15) is 19.2 Å². The van der Waals surface area contributed by atoms with Gasteiger partial charge in [0.2, 0.25) is 17.8 Å². The molecular formula is C42H51FN12O5. The summed E-state index contributed by atoms with van der Waals surface area (Å²) in [5, 5.41) is 14.3.